The highest BCUT2D eigenvalue weighted by Gasteiger charge is 2.41. The zero-order valence-electron chi connectivity index (χ0n) is 21.1. The number of carbonyl (C=O) groups excluding carboxylic acids is 1. The summed E-state index contributed by atoms with van der Waals surface area (Å²) in [6.45, 7) is 12.0. The van der Waals surface area contributed by atoms with Gasteiger partial charge in [-0.3, -0.25) is 9.69 Å². The highest BCUT2D eigenvalue weighted by atomic mass is 16.5. The molecule has 0 amide bonds. The molecule has 0 bridgehead atoms. The average molecular weight is 489 g/mol. The molecule has 3 aliphatic rings. The lowest BCUT2D eigenvalue weighted by Gasteiger charge is -2.48. The zero-order chi connectivity index (χ0) is 25.2. The highest BCUT2D eigenvalue weighted by Crippen LogP contribution is 2.44. The topological polar surface area (TPSA) is 98.8 Å². The van der Waals surface area contributed by atoms with Gasteiger partial charge in [0.05, 0.1) is 24.3 Å². The number of carboxylic acids is 1. The van der Waals surface area contributed by atoms with Crippen molar-refractivity contribution in [3.63, 3.8) is 0 Å². The fourth-order valence-corrected chi connectivity index (χ4v) is 6.26. The Morgan fingerprint density at radius 3 is 2.50 bits per heavy atom. The highest BCUT2D eigenvalue weighted by molar-refractivity contribution is 6.20. The Morgan fingerprint density at radius 2 is 1.81 bits per heavy atom. The number of carbonyl (C=O) groups is 2. The van der Waals surface area contributed by atoms with Gasteiger partial charge in [0.15, 0.2) is 5.78 Å². The van der Waals surface area contributed by atoms with Crippen molar-refractivity contribution >= 4 is 28.5 Å². The average Bonchev–Trinajstić information content (AvgIpc) is 3.28. The number of pyridine rings is 1. The van der Waals surface area contributed by atoms with Gasteiger partial charge in [-0.1, -0.05) is 19.9 Å². The molecule has 0 atom stereocenters. The molecule has 0 spiro atoms. The van der Waals surface area contributed by atoms with E-state index in [0.29, 0.717) is 16.6 Å². The molecule has 188 valence electrons. The van der Waals surface area contributed by atoms with Gasteiger partial charge < -0.3 is 19.7 Å². The van der Waals surface area contributed by atoms with Crippen LogP contribution in [-0.4, -0.2) is 76.7 Å². The van der Waals surface area contributed by atoms with Crippen LogP contribution in [0.15, 0.2) is 30.5 Å². The van der Waals surface area contributed by atoms with E-state index in [2.05, 4.69) is 41.6 Å². The lowest BCUT2D eigenvalue weighted by atomic mass is 9.72. The Balaban J connectivity index is 1.32. The lowest BCUT2D eigenvalue weighted by molar-refractivity contribution is -0.0249. The molecule has 8 heteroatoms. The predicted octanol–water partition coefficient (Wildman–Crippen LogP) is 3.82. The van der Waals surface area contributed by atoms with E-state index in [4.69, 9.17) is 9.72 Å². The van der Waals surface area contributed by atoms with Crippen LogP contribution in [0.3, 0.4) is 0 Å². The lowest BCUT2D eigenvalue weighted by Crippen LogP contribution is -2.56. The third kappa shape index (κ3) is 3.46. The van der Waals surface area contributed by atoms with Crippen LogP contribution >= 0.6 is 0 Å². The summed E-state index contributed by atoms with van der Waals surface area (Å²) in [5, 5.41) is 10.2. The van der Waals surface area contributed by atoms with Crippen molar-refractivity contribution in [3.8, 4) is 0 Å². The molecule has 2 aliphatic heterocycles. The predicted molar refractivity (Wildman–Crippen MR) is 137 cm³/mol. The Kier molecular flexibility index (Phi) is 5.25. The summed E-state index contributed by atoms with van der Waals surface area (Å²) < 4.78 is 5.55. The number of fused-ring (bicyclic) bond motifs is 4. The van der Waals surface area contributed by atoms with E-state index in [-0.39, 0.29) is 16.9 Å². The van der Waals surface area contributed by atoms with Crippen LogP contribution < -0.4 is 4.90 Å². The van der Waals surface area contributed by atoms with Crippen LogP contribution in [0.25, 0.3) is 10.9 Å². The van der Waals surface area contributed by atoms with E-state index in [1.807, 2.05) is 0 Å². The second-order valence-electron chi connectivity index (χ2n) is 11.1. The summed E-state index contributed by atoms with van der Waals surface area (Å²) in [6.07, 6.45) is 3.86. The molecule has 0 radical (unpaired) electrons. The van der Waals surface area contributed by atoms with Crippen molar-refractivity contribution in [3.05, 3.63) is 58.4 Å². The first-order chi connectivity index (χ1) is 17.2. The number of benzene rings is 1. The Morgan fingerprint density at radius 1 is 1.08 bits per heavy atom. The van der Waals surface area contributed by atoms with E-state index in [1.165, 1.54) is 0 Å². The number of morpholine rings is 1. The second-order valence-corrected chi connectivity index (χ2v) is 11.1. The van der Waals surface area contributed by atoms with Crippen LogP contribution in [0, 0.1) is 0 Å². The molecular weight excluding hydrogens is 456 g/mol. The van der Waals surface area contributed by atoms with Crippen molar-refractivity contribution in [1.82, 2.24) is 14.9 Å². The molecule has 4 heterocycles. The minimum absolute atomic E-state index is 0.0637. The molecule has 2 saturated heterocycles. The van der Waals surface area contributed by atoms with Gasteiger partial charge >= 0.3 is 5.97 Å². The fourth-order valence-electron chi connectivity index (χ4n) is 6.26. The maximum absolute atomic E-state index is 13.6. The van der Waals surface area contributed by atoms with Gasteiger partial charge in [0.25, 0.3) is 0 Å². The van der Waals surface area contributed by atoms with E-state index in [1.54, 1.807) is 24.4 Å². The van der Waals surface area contributed by atoms with Crippen molar-refractivity contribution in [2.75, 3.05) is 44.3 Å². The van der Waals surface area contributed by atoms with E-state index in [9.17, 15) is 14.7 Å². The smallest absolute Gasteiger partial charge is 0.335 e. The summed E-state index contributed by atoms with van der Waals surface area (Å²) in [4.78, 5) is 38.1. The first kappa shape index (κ1) is 23.2. The van der Waals surface area contributed by atoms with Crippen LogP contribution in [0.2, 0.25) is 0 Å². The summed E-state index contributed by atoms with van der Waals surface area (Å²) in [5.41, 5.74) is 3.60. The molecule has 0 unspecified atom stereocenters. The molecule has 36 heavy (non-hydrogen) atoms. The summed E-state index contributed by atoms with van der Waals surface area (Å²) in [7, 11) is 0. The molecule has 3 aromatic rings. The maximum atomic E-state index is 13.6. The largest absolute Gasteiger partial charge is 0.478 e. The number of hydrogen-bond donors (Lipinski definition) is 2. The normalized spacial score (nSPS) is 21.3. The first-order valence-corrected chi connectivity index (χ1v) is 12.7. The van der Waals surface area contributed by atoms with Gasteiger partial charge in [-0.25, -0.2) is 9.78 Å². The molecule has 2 N–H and O–H groups in total. The molecular formula is C28H32N4O4. The van der Waals surface area contributed by atoms with Crippen LogP contribution in [-0.2, 0) is 10.2 Å². The Bertz CT molecular complexity index is 1380. The number of nitrogens with zero attached hydrogens (tertiary/aromatic N) is 3. The van der Waals surface area contributed by atoms with Crippen LogP contribution in [0.1, 0.15) is 71.1 Å². The number of ketones is 1. The molecule has 6 rings (SSSR count). The van der Waals surface area contributed by atoms with E-state index in [0.717, 1.165) is 74.7 Å². The van der Waals surface area contributed by atoms with Gasteiger partial charge in [0.1, 0.15) is 5.82 Å². The second kappa shape index (κ2) is 8.15. The number of carboxylic acid groups (broad SMARTS) is 1. The third-order valence-electron chi connectivity index (χ3n) is 8.64. The number of piperidine rings is 1. The molecule has 1 aromatic carbocycles. The van der Waals surface area contributed by atoms with Crippen molar-refractivity contribution < 1.29 is 19.4 Å². The third-order valence-corrected chi connectivity index (χ3v) is 8.64. The van der Waals surface area contributed by atoms with Gasteiger partial charge in [-0.05, 0) is 43.5 Å². The number of hydrogen-bond acceptors (Lipinski definition) is 6. The first-order valence-electron chi connectivity index (χ1n) is 12.7. The van der Waals surface area contributed by atoms with Crippen molar-refractivity contribution in [1.29, 1.82) is 0 Å². The van der Waals surface area contributed by atoms with Crippen LogP contribution in [0.4, 0.5) is 5.82 Å². The number of aromatic carboxylic acids is 1. The number of anilines is 1. The van der Waals surface area contributed by atoms with Gasteiger partial charge in [0, 0.05) is 65.5 Å². The molecule has 2 aromatic heterocycles. The number of aromatic amines is 1. The Labute approximate surface area is 210 Å². The number of aromatic nitrogens is 2. The van der Waals surface area contributed by atoms with E-state index >= 15 is 0 Å². The van der Waals surface area contributed by atoms with Crippen molar-refractivity contribution in [2.45, 2.75) is 44.6 Å². The quantitative estimate of drug-likeness (QED) is 0.578. The summed E-state index contributed by atoms with van der Waals surface area (Å²) in [6, 6.07) is 6.97. The zero-order valence-corrected chi connectivity index (χ0v) is 21.1. The van der Waals surface area contributed by atoms with Crippen LogP contribution in [0.5, 0.6) is 0 Å². The standard InChI is InChI=1S/C28H32N4O4/c1-27(2)20-15-22(31-8-6-28(3,7-9-31)32-10-12-36-13-11-32)29-16-19(20)24(33)23-18-5-4-17(26(34)35)14-21(18)30-25(23)27/h4-5,14-16,30H,6-13H2,1-3H3,(H,34,35). The fraction of sp³-hybridized carbons (Fsp3) is 0.464. The van der Waals surface area contributed by atoms with Gasteiger partial charge in [-0.2, -0.15) is 0 Å². The van der Waals surface area contributed by atoms with E-state index < -0.39 is 11.4 Å². The number of ether oxygens (including phenoxy) is 1. The molecule has 2 fully saturated rings. The molecule has 0 saturated carbocycles. The summed E-state index contributed by atoms with van der Waals surface area (Å²) in [5.74, 6) is -0.143. The minimum atomic E-state index is -0.988. The number of rotatable bonds is 3. The molecule has 1 aliphatic carbocycles. The maximum Gasteiger partial charge on any atom is 0.335 e. The molecule has 8 nitrogen and oxygen atoms in total. The monoisotopic (exact) mass is 488 g/mol. The summed E-state index contributed by atoms with van der Waals surface area (Å²) >= 11 is 0. The van der Waals surface area contributed by atoms with Gasteiger partial charge in [0.2, 0.25) is 0 Å². The number of nitrogens with one attached hydrogen (secondary N) is 1. The Hall–Kier alpha value is -3.23. The van der Waals surface area contributed by atoms with Gasteiger partial charge in [-0.15, -0.1) is 0 Å². The van der Waals surface area contributed by atoms with Crippen molar-refractivity contribution in [2.24, 2.45) is 0 Å². The SMILES string of the molecule is CC1(C)c2cc(N3CCC(C)(N4CCOCC4)CC3)ncc2C(=O)c2c1[nH]c1cc(C(=O)O)ccc21. The number of H-pyrrole nitrogens is 1. The minimum Gasteiger partial charge on any atom is -0.478 e.